The summed E-state index contributed by atoms with van der Waals surface area (Å²) in [6.07, 6.45) is 0.522. The molecule has 4 nitrogen and oxygen atoms in total. The van der Waals surface area contributed by atoms with Crippen molar-refractivity contribution >= 4 is 9.84 Å². The van der Waals surface area contributed by atoms with Gasteiger partial charge >= 0.3 is 0 Å². The Bertz CT molecular complexity index is 575. The number of hydrogen-bond donors (Lipinski definition) is 1. The molecule has 1 N–H and O–H groups in total. The molecule has 2 unspecified atom stereocenters. The topological polar surface area (TPSA) is 55.4 Å². The fraction of sp³-hybridized carbons (Fsp3) is 0.538. The second-order valence-electron chi connectivity index (χ2n) is 4.69. The summed E-state index contributed by atoms with van der Waals surface area (Å²) in [5.41, 5.74) is 0. The van der Waals surface area contributed by atoms with E-state index in [-0.39, 0.29) is 12.6 Å². The molecule has 1 aliphatic rings. The Kier molecular flexibility index (Phi) is 4.72. The molecule has 0 amide bonds. The van der Waals surface area contributed by atoms with Crippen molar-refractivity contribution in [1.82, 2.24) is 5.32 Å². The van der Waals surface area contributed by atoms with Crippen LogP contribution in [0, 0.1) is 11.6 Å². The van der Waals surface area contributed by atoms with Crippen molar-refractivity contribution in [2.24, 2.45) is 0 Å². The van der Waals surface area contributed by atoms with Crippen LogP contribution in [0.5, 0.6) is 0 Å². The Labute approximate surface area is 117 Å². The van der Waals surface area contributed by atoms with E-state index in [0.717, 1.165) is 18.2 Å². The van der Waals surface area contributed by atoms with Crippen molar-refractivity contribution in [2.75, 3.05) is 19.8 Å². The van der Waals surface area contributed by atoms with Gasteiger partial charge in [0, 0.05) is 12.6 Å². The molecular weight excluding hydrogens is 288 g/mol. The summed E-state index contributed by atoms with van der Waals surface area (Å²) in [4.78, 5) is -0.601. The van der Waals surface area contributed by atoms with Gasteiger partial charge in [-0.05, 0) is 31.2 Å². The standard InChI is InChI=1S/C13H17F2NO3S/c1-2-16-11-5-6-19-8-13(11)20(17,18)12-7-9(14)3-4-10(12)15/h3-4,7,11,13,16H,2,5-6,8H2,1H3. The molecule has 1 heterocycles. The Morgan fingerprint density at radius 1 is 1.40 bits per heavy atom. The highest BCUT2D eigenvalue weighted by Crippen LogP contribution is 2.25. The molecule has 2 atom stereocenters. The molecule has 0 aromatic heterocycles. The second-order valence-corrected chi connectivity index (χ2v) is 6.82. The van der Waals surface area contributed by atoms with E-state index in [1.807, 2.05) is 6.92 Å². The van der Waals surface area contributed by atoms with Crippen LogP contribution in [0.4, 0.5) is 8.78 Å². The van der Waals surface area contributed by atoms with Gasteiger partial charge in [-0.15, -0.1) is 0 Å². The summed E-state index contributed by atoms with van der Waals surface area (Å²) in [6.45, 7) is 2.90. The predicted molar refractivity (Wildman–Crippen MR) is 70.2 cm³/mol. The lowest BCUT2D eigenvalue weighted by molar-refractivity contribution is 0.0811. The number of hydrogen-bond acceptors (Lipinski definition) is 4. The first-order valence-corrected chi connectivity index (χ1v) is 8.01. The van der Waals surface area contributed by atoms with E-state index < -0.39 is 31.6 Å². The van der Waals surface area contributed by atoms with E-state index in [2.05, 4.69) is 5.32 Å². The maximum atomic E-state index is 13.7. The van der Waals surface area contributed by atoms with Gasteiger partial charge in [-0.25, -0.2) is 17.2 Å². The summed E-state index contributed by atoms with van der Waals surface area (Å²) in [7, 11) is -3.99. The molecule has 20 heavy (non-hydrogen) atoms. The van der Waals surface area contributed by atoms with Crippen LogP contribution in [-0.4, -0.2) is 39.5 Å². The largest absolute Gasteiger partial charge is 0.380 e. The molecule has 1 aromatic carbocycles. The number of halogens is 2. The van der Waals surface area contributed by atoms with E-state index in [0.29, 0.717) is 19.6 Å². The molecule has 1 aromatic rings. The zero-order valence-corrected chi connectivity index (χ0v) is 11.9. The lowest BCUT2D eigenvalue weighted by atomic mass is 10.1. The third-order valence-electron chi connectivity index (χ3n) is 3.37. The molecule has 0 aliphatic carbocycles. The highest BCUT2D eigenvalue weighted by molar-refractivity contribution is 7.92. The average molecular weight is 305 g/mol. The van der Waals surface area contributed by atoms with Crippen LogP contribution in [0.2, 0.25) is 0 Å². The highest BCUT2D eigenvalue weighted by Gasteiger charge is 2.38. The number of ether oxygens (including phenoxy) is 1. The number of benzene rings is 1. The number of rotatable bonds is 4. The van der Waals surface area contributed by atoms with Gasteiger partial charge in [-0.3, -0.25) is 0 Å². The van der Waals surface area contributed by atoms with Crippen molar-refractivity contribution in [3.8, 4) is 0 Å². The molecule has 0 bridgehead atoms. The molecule has 2 rings (SSSR count). The number of sulfone groups is 1. The van der Waals surface area contributed by atoms with Crippen LogP contribution in [-0.2, 0) is 14.6 Å². The first-order chi connectivity index (χ1) is 9.46. The van der Waals surface area contributed by atoms with Crippen LogP contribution in [0.1, 0.15) is 13.3 Å². The van der Waals surface area contributed by atoms with E-state index in [4.69, 9.17) is 4.74 Å². The molecule has 1 aliphatic heterocycles. The summed E-state index contributed by atoms with van der Waals surface area (Å²) in [6, 6.07) is 2.13. The Morgan fingerprint density at radius 3 is 2.85 bits per heavy atom. The van der Waals surface area contributed by atoms with Crippen LogP contribution >= 0.6 is 0 Å². The third-order valence-corrected chi connectivity index (χ3v) is 5.56. The van der Waals surface area contributed by atoms with Gasteiger partial charge in [0.15, 0.2) is 9.84 Å². The predicted octanol–water partition coefficient (Wildman–Crippen LogP) is 1.51. The molecule has 0 spiro atoms. The van der Waals surface area contributed by atoms with E-state index in [1.54, 1.807) is 0 Å². The van der Waals surface area contributed by atoms with Crippen LogP contribution in [0.15, 0.2) is 23.1 Å². The maximum absolute atomic E-state index is 13.7. The Morgan fingerprint density at radius 2 is 2.15 bits per heavy atom. The van der Waals surface area contributed by atoms with E-state index >= 15 is 0 Å². The van der Waals surface area contributed by atoms with Crippen molar-refractivity contribution in [2.45, 2.75) is 29.5 Å². The van der Waals surface area contributed by atoms with Crippen molar-refractivity contribution in [1.29, 1.82) is 0 Å². The van der Waals surface area contributed by atoms with Gasteiger partial charge < -0.3 is 10.1 Å². The zero-order valence-electron chi connectivity index (χ0n) is 11.1. The SMILES string of the molecule is CCNC1CCOCC1S(=O)(=O)c1cc(F)ccc1F. The monoisotopic (exact) mass is 305 g/mol. The molecule has 1 fully saturated rings. The lowest BCUT2D eigenvalue weighted by Gasteiger charge is -2.31. The van der Waals surface area contributed by atoms with Crippen molar-refractivity contribution < 1.29 is 21.9 Å². The smallest absolute Gasteiger partial charge is 0.188 e. The average Bonchev–Trinajstić information content (AvgIpc) is 2.42. The third kappa shape index (κ3) is 2.99. The molecule has 0 radical (unpaired) electrons. The Balaban J connectivity index is 2.39. The minimum absolute atomic E-state index is 0.0179. The van der Waals surface area contributed by atoms with Gasteiger partial charge in [0.2, 0.25) is 0 Å². The summed E-state index contributed by atoms with van der Waals surface area (Å²) >= 11 is 0. The molecule has 1 saturated heterocycles. The Hall–Kier alpha value is -1.05. The normalized spacial score (nSPS) is 23.8. The van der Waals surface area contributed by atoms with Gasteiger partial charge in [-0.1, -0.05) is 6.92 Å². The molecular formula is C13H17F2NO3S. The van der Waals surface area contributed by atoms with Gasteiger partial charge in [-0.2, -0.15) is 0 Å². The van der Waals surface area contributed by atoms with E-state index in [9.17, 15) is 17.2 Å². The van der Waals surface area contributed by atoms with Crippen LogP contribution < -0.4 is 5.32 Å². The van der Waals surface area contributed by atoms with E-state index in [1.165, 1.54) is 0 Å². The first kappa shape index (κ1) is 15.3. The minimum atomic E-state index is -3.99. The number of nitrogens with one attached hydrogen (secondary N) is 1. The minimum Gasteiger partial charge on any atom is -0.380 e. The van der Waals surface area contributed by atoms with Crippen LogP contribution in [0.3, 0.4) is 0 Å². The zero-order chi connectivity index (χ0) is 14.8. The summed E-state index contributed by atoms with van der Waals surface area (Å²) < 4.78 is 57.2. The molecule has 112 valence electrons. The highest BCUT2D eigenvalue weighted by atomic mass is 32.2. The van der Waals surface area contributed by atoms with Crippen molar-refractivity contribution in [3.63, 3.8) is 0 Å². The fourth-order valence-electron chi connectivity index (χ4n) is 2.37. The molecule has 7 heteroatoms. The maximum Gasteiger partial charge on any atom is 0.188 e. The van der Waals surface area contributed by atoms with Gasteiger partial charge in [0.25, 0.3) is 0 Å². The summed E-state index contributed by atoms with van der Waals surface area (Å²) in [5, 5.41) is 2.16. The second kappa shape index (κ2) is 6.15. The first-order valence-electron chi connectivity index (χ1n) is 6.47. The quantitative estimate of drug-likeness (QED) is 0.916. The molecule has 0 saturated carbocycles. The van der Waals surface area contributed by atoms with Crippen LogP contribution in [0.25, 0.3) is 0 Å². The summed E-state index contributed by atoms with van der Waals surface area (Å²) in [5.74, 6) is -1.71. The lowest BCUT2D eigenvalue weighted by Crippen LogP contribution is -2.50. The van der Waals surface area contributed by atoms with Gasteiger partial charge in [0.1, 0.15) is 21.8 Å². The van der Waals surface area contributed by atoms with Crippen molar-refractivity contribution in [3.05, 3.63) is 29.8 Å². The van der Waals surface area contributed by atoms with Gasteiger partial charge in [0.05, 0.1) is 6.61 Å². The fourth-order valence-corrected chi connectivity index (χ4v) is 4.25.